The van der Waals surface area contributed by atoms with E-state index in [1.54, 1.807) is 0 Å². The number of hydrogen-bond donors (Lipinski definition) is 0. The average molecular weight is 435 g/mol. The molecule has 32 heavy (non-hydrogen) atoms. The van der Waals surface area contributed by atoms with E-state index in [-0.39, 0.29) is 35.1 Å². The van der Waals surface area contributed by atoms with Crippen molar-refractivity contribution in [2.24, 2.45) is 0 Å². The van der Waals surface area contributed by atoms with Gasteiger partial charge in [-0.25, -0.2) is 0 Å². The molecule has 0 bridgehead atoms. The van der Waals surface area contributed by atoms with Crippen molar-refractivity contribution in [2.45, 2.75) is 61.9 Å². The van der Waals surface area contributed by atoms with Crippen LogP contribution in [0.1, 0.15) is 36.8 Å². The summed E-state index contributed by atoms with van der Waals surface area (Å²) in [6, 6.07) is 20.1. The zero-order chi connectivity index (χ0) is 22.3. The third-order valence-corrected chi connectivity index (χ3v) is 7.87. The fourth-order valence-electron chi connectivity index (χ4n) is 6.08. The Morgan fingerprint density at radius 2 is 1.06 bits per heavy atom. The Hall–Kier alpha value is -2.70. The number of benzene rings is 2. The highest BCUT2D eigenvalue weighted by Gasteiger charge is 2.74. The van der Waals surface area contributed by atoms with E-state index in [4.69, 9.17) is 9.47 Å². The molecule has 2 unspecified atom stereocenters. The fourth-order valence-corrected chi connectivity index (χ4v) is 6.08. The van der Waals surface area contributed by atoms with E-state index in [0.29, 0.717) is 0 Å². The number of ether oxygens (including phenoxy) is 2. The lowest BCUT2D eigenvalue weighted by molar-refractivity contribution is -0.142. The van der Waals surface area contributed by atoms with Crippen molar-refractivity contribution in [2.75, 3.05) is 14.2 Å². The molecule has 6 nitrogen and oxygen atoms in total. The Bertz CT molecular complexity index is 904. The van der Waals surface area contributed by atoms with Crippen LogP contribution < -0.4 is 0 Å². The summed E-state index contributed by atoms with van der Waals surface area (Å²) in [6.07, 6.45) is 3.49. The predicted molar refractivity (Wildman–Crippen MR) is 120 cm³/mol. The molecule has 2 aromatic carbocycles. The predicted octanol–water partition coefficient (Wildman–Crippen LogP) is 3.15. The normalized spacial score (nSPS) is 34.8. The van der Waals surface area contributed by atoms with Gasteiger partial charge in [0.05, 0.1) is 14.2 Å². The minimum atomic E-state index is -0.206. The topological polar surface area (TPSA) is 58.6 Å². The molecule has 0 amide bonds. The third-order valence-electron chi connectivity index (χ3n) is 7.87. The summed E-state index contributed by atoms with van der Waals surface area (Å²) in [6.45, 7) is 1.48. The zero-order valence-corrected chi connectivity index (χ0v) is 18.7. The first kappa shape index (κ1) is 21.2. The highest BCUT2D eigenvalue weighted by atomic mass is 16.5. The van der Waals surface area contributed by atoms with Crippen LogP contribution in [0.15, 0.2) is 60.7 Å². The summed E-state index contributed by atoms with van der Waals surface area (Å²) < 4.78 is 10.3. The maximum atomic E-state index is 12.6. The van der Waals surface area contributed by atoms with E-state index in [9.17, 15) is 9.59 Å². The van der Waals surface area contributed by atoms with Gasteiger partial charge >= 0.3 is 11.9 Å². The molecule has 2 aliphatic heterocycles. The Balaban J connectivity index is 1.34. The van der Waals surface area contributed by atoms with E-state index in [2.05, 4.69) is 34.1 Å². The minimum absolute atomic E-state index is 0.154. The number of rotatable bonds is 6. The number of hydrogen-bond acceptors (Lipinski definition) is 6. The molecule has 0 N–H and O–H groups in total. The van der Waals surface area contributed by atoms with Gasteiger partial charge < -0.3 is 9.47 Å². The van der Waals surface area contributed by atoms with Crippen LogP contribution in [0.4, 0.5) is 0 Å². The van der Waals surface area contributed by atoms with Gasteiger partial charge in [-0.15, -0.1) is 0 Å². The molecule has 3 fully saturated rings. The molecule has 0 radical (unpaired) electrons. The number of carbonyl (C=O) groups is 2. The number of carbonyl (C=O) groups excluding carboxylic acids is 2. The summed E-state index contributed by atoms with van der Waals surface area (Å²) >= 11 is 0. The Morgan fingerprint density at radius 3 is 1.38 bits per heavy atom. The van der Waals surface area contributed by atoms with Crippen molar-refractivity contribution in [1.82, 2.24) is 9.80 Å². The van der Waals surface area contributed by atoms with Crippen LogP contribution in [0.2, 0.25) is 0 Å². The van der Waals surface area contributed by atoms with E-state index < -0.39 is 0 Å². The first-order valence-electron chi connectivity index (χ1n) is 11.3. The van der Waals surface area contributed by atoms with Crippen LogP contribution in [0.5, 0.6) is 0 Å². The van der Waals surface area contributed by atoms with E-state index in [1.165, 1.54) is 25.3 Å². The highest BCUT2D eigenvalue weighted by molar-refractivity contribution is 5.83. The van der Waals surface area contributed by atoms with Crippen LogP contribution >= 0.6 is 0 Å². The van der Waals surface area contributed by atoms with Gasteiger partial charge in [0, 0.05) is 24.2 Å². The lowest BCUT2D eigenvalue weighted by Crippen LogP contribution is -2.36. The average Bonchev–Trinajstić information content (AvgIpc) is 3.66. The second-order valence-electron chi connectivity index (χ2n) is 9.29. The molecule has 3 aliphatic rings. The van der Waals surface area contributed by atoms with Crippen LogP contribution in [0, 0.1) is 0 Å². The standard InChI is InChI=1S/C26H30N2O4/c1-31-23(29)21-25(27(21)17-19-9-5-3-6-10-19)13-15-26(16-14-25)22(24(30)32-2)28(26)18-20-11-7-4-8-12-20/h3-12,21-22H,13-18H2,1-2H3/t21-,22-,25?,26?,27?,28?/m1/s1. The van der Waals surface area contributed by atoms with E-state index >= 15 is 0 Å². The zero-order valence-electron chi connectivity index (χ0n) is 18.7. The first-order chi connectivity index (χ1) is 15.6. The van der Waals surface area contributed by atoms with Crippen molar-refractivity contribution >= 4 is 11.9 Å². The van der Waals surface area contributed by atoms with Crippen molar-refractivity contribution in [3.63, 3.8) is 0 Å². The van der Waals surface area contributed by atoms with Crippen LogP contribution in [0.25, 0.3) is 0 Å². The van der Waals surface area contributed by atoms with E-state index in [1.807, 2.05) is 36.4 Å². The summed E-state index contributed by atoms with van der Waals surface area (Å²) in [4.78, 5) is 29.8. The summed E-state index contributed by atoms with van der Waals surface area (Å²) in [5.74, 6) is -0.309. The molecule has 6 heteroatoms. The van der Waals surface area contributed by atoms with Gasteiger partial charge in [0.25, 0.3) is 0 Å². The second kappa shape index (κ2) is 8.01. The lowest BCUT2D eigenvalue weighted by Gasteiger charge is -2.30. The van der Waals surface area contributed by atoms with Gasteiger partial charge in [-0.1, -0.05) is 60.7 Å². The number of esters is 2. The van der Waals surface area contributed by atoms with Crippen molar-refractivity contribution in [3.8, 4) is 0 Å². The maximum Gasteiger partial charge on any atom is 0.325 e. The molecule has 2 aromatic rings. The number of methoxy groups -OCH3 is 2. The molecule has 168 valence electrons. The molecule has 2 saturated heterocycles. The van der Waals surface area contributed by atoms with Gasteiger partial charge in [-0.2, -0.15) is 0 Å². The van der Waals surface area contributed by atoms with Crippen molar-refractivity contribution in [1.29, 1.82) is 0 Å². The number of nitrogens with zero attached hydrogens (tertiary/aromatic N) is 2. The summed E-state index contributed by atoms with van der Waals surface area (Å²) in [5, 5.41) is 0. The molecule has 2 heterocycles. The molecule has 1 saturated carbocycles. The van der Waals surface area contributed by atoms with Gasteiger partial charge in [0.15, 0.2) is 0 Å². The molecular formula is C26H30N2O4. The molecule has 1 aliphatic carbocycles. The molecule has 5 rings (SSSR count). The van der Waals surface area contributed by atoms with Crippen molar-refractivity contribution < 1.29 is 19.1 Å². The lowest BCUT2D eigenvalue weighted by atomic mass is 9.77. The Kier molecular flexibility index (Phi) is 5.30. The SMILES string of the molecule is COC(=O)[C@H]1N(Cc2ccccc2)C12CCC1(CC2)[C@@H](C(=O)OC)N1Cc1ccccc1. The van der Waals surface area contributed by atoms with Gasteiger partial charge in [0.2, 0.25) is 0 Å². The second-order valence-corrected chi connectivity index (χ2v) is 9.29. The highest BCUT2D eigenvalue weighted by Crippen LogP contribution is 2.61. The van der Waals surface area contributed by atoms with Crippen LogP contribution in [0.3, 0.4) is 0 Å². The molecular weight excluding hydrogens is 404 g/mol. The third kappa shape index (κ3) is 3.33. The van der Waals surface area contributed by atoms with Gasteiger partial charge in [-0.3, -0.25) is 19.4 Å². The first-order valence-corrected chi connectivity index (χ1v) is 11.3. The monoisotopic (exact) mass is 434 g/mol. The van der Waals surface area contributed by atoms with Crippen LogP contribution in [-0.4, -0.2) is 59.1 Å². The van der Waals surface area contributed by atoms with Gasteiger partial charge in [-0.05, 0) is 36.8 Å². The van der Waals surface area contributed by atoms with Crippen molar-refractivity contribution in [3.05, 3.63) is 71.8 Å². The quantitative estimate of drug-likeness (QED) is 0.514. The molecule has 2 spiro atoms. The smallest absolute Gasteiger partial charge is 0.325 e. The Labute approximate surface area is 189 Å². The minimum Gasteiger partial charge on any atom is -0.468 e. The maximum absolute atomic E-state index is 12.6. The summed E-state index contributed by atoms with van der Waals surface area (Å²) in [7, 11) is 2.93. The van der Waals surface area contributed by atoms with E-state index in [0.717, 1.165) is 38.8 Å². The molecule has 4 atom stereocenters. The van der Waals surface area contributed by atoms with Gasteiger partial charge in [0.1, 0.15) is 12.1 Å². The van der Waals surface area contributed by atoms with Crippen LogP contribution in [-0.2, 0) is 32.2 Å². The Morgan fingerprint density at radius 1 is 0.719 bits per heavy atom. The fraction of sp³-hybridized carbons (Fsp3) is 0.462. The molecule has 0 aromatic heterocycles. The summed E-state index contributed by atoms with van der Waals surface area (Å²) in [5.41, 5.74) is 2.05. The largest absolute Gasteiger partial charge is 0.468 e.